The SMILES string of the molecule is Cc1cc(-c2[c-]cccc2)nc[c]1[Ge]([CH3])([CH3])[CH3].[2H]C(C)(c1ccc(F)cc1)c1ccnc(-c2[c-]ccc3c2sc2cc(-c4c(C)cccc4C)ccc23)c1.[Ir]. The normalized spacial score (nSPS) is 12.7. The molecule has 8 aromatic rings. The van der Waals surface area contributed by atoms with E-state index in [0.717, 1.165) is 38.3 Å². The Bertz CT molecular complexity index is 2590. The number of thiophene rings is 1. The summed E-state index contributed by atoms with van der Waals surface area (Å²) in [6.45, 7) is 8.35. The van der Waals surface area contributed by atoms with Crippen LogP contribution in [0.4, 0.5) is 4.39 Å². The summed E-state index contributed by atoms with van der Waals surface area (Å²) in [5.74, 6) is 5.86. The quantitative estimate of drug-likeness (QED) is 0.123. The molecule has 0 aliphatic rings. The van der Waals surface area contributed by atoms with Crippen molar-refractivity contribution in [2.24, 2.45) is 0 Å². The number of benzene rings is 5. The molecule has 54 heavy (non-hydrogen) atoms. The van der Waals surface area contributed by atoms with Crippen LogP contribution in [0.3, 0.4) is 0 Å². The van der Waals surface area contributed by atoms with E-state index in [0.29, 0.717) is 0 Å². The molecule has 0 amide bonds. The fraction of sp³-hybridized carbons (Fsp3) is 0.167. The molecule has 0 aliphatic carbocycles. The predicted octanol–water partition coefficient (Wildman–Crippen LogP) is 12.9. The van der Waals surface area contributed by atoms with E-state index in [-0.39, 0.29) is 25.9 Å². The van der Waals surface area contributed by atoms with E-state index in [1.165, 1.54) is 59.8 Å². The molecule has 2 nitrogen and oxygen atoms in total. The maximum Gasteiger partial charge on any atom is 0.123 e. The van der Waals surface area contributed by atoms with E-state index in [4.69, 9.17) is 1.37 Å². The number of rotatable bonds is 6. The first-order valence-electron chi connectivity index (χ1n) is 18.4. The molecule has 0 N–H and O–H groups in total. The predicted molar refractivity (Wildman–Crippen MR) is 226 cm³/mol. The Morgan fingerprint density at radius 2 is 1.48 bits per heavy atom. The molecule has 0 saturated heterocycles. The van der Waals surface area contributed by atoms with Crippen molar-refractivity contribution in [3.8, 4) is 33.6 Å². The fourth-order valence-corrected chi connectivity index (χ4v) is 11.9. The van der Waals surface area contributed by atoms with Gasteiger partial charge in [-0.2, -0.15) is 11.3 Å². The molecule has 0 spiro atoms. The number of aryl methyl sites for hydroxylation is 3. The van der Waals surface area contributed by atoms with Gasteiger partial charge in [0.25, 0.3) is 0 Å². The molecule has 6 heteroatoms. The zero-order valence-electron chi connectivity index (χ0n) is 32.6. The van der Waals surface area contributed by atoms with Crippen LogP contribution in [0.15, 0.2) is 128 Å². The van der Waals surface area contributed by atoms with Crippen molar-refractivity contribution in [1.82, 2.24) is 9.97 Å². The second kappa shape index (κ2) is 16.6. The minimum atomic E-state index is -1.77. The van der Waals surface area contributed by atoms with Gasteiger partial charge < -0.3 is 4.98 Å². The molecule has 273 valence electrons. The number of hydrogen-bond donors (Lipinski definition) is 0. The molecule has 1 unspecified atom stereocenters. The van der Waals surface area contributed by atoms with Crippen LogP contribution in [0.5, 0.6) is 0 Å². The third kappa shape index (κ3) is 8.35. The summed E-state index contributed by atoms with van der Waals surface area (Å²) in [7, 11) is 0. The van der Waals surface area contributed by atoms with Crippen LogP contribution in [-0.2, 0) is 20.1 Å². The number of hydrogen-bond acceptors (Lipinski definition) is 3. The summed E-state index contributed by atoms with van der Waals surface area (Å²) in [5.41, 5.74) is 11.8. The Morgan fingerprint density at radius 1 is 0.722 bits per heavy atom. The molecule has 1 radical (unpaired) electrons. The second-order valence-electron chi connectivity index (χ2n) is 14.6. The van der Waals surface area contributed by atoms with Gasteiger partial charge in [0.1, 0.15) is 5.82 Å². The standard InChI is InChI=1S/C33H25FNS.C15H18GeN.Ir/c1-20-6-4-7-21(2)32(20)25-12-15-27-28-8-5-9-29(33(28)36-31(27)19-25)30-18-24(16-17-35-30)22(3)23-10-13-26(34)14-11-23;1-12-10-15(13-8-6-5-7-9-13)17-11-14(12)16(2,3)4;/h4-8,10-19,22H,1-3H3;5-8,10-11H,1-4H3;/q2*-1;/i22D;;. The number of aromatic nitrogens is 2. The van der Waals surface area contributed by atoms with Crippen molar-refractivity contribution in [1.29, 1.82) is 0 Å². The molecule has 0 bridgehead atoms. The van der Waals surface area contributed by atoms with Crippen LogP contribution in [-0.4, -0.2) is 23.2 Å². The Labute approximate surface area is 340 Å². The van der Waals surface area contributed by atoms with Gasteiger partial charge in [-0.25, -0.2) is 4.39 Å². The summed E-state index contributed by atoms with van der Waals surface area (Å²) >= 11 is -0.0174. The van der Waals surface area contributed by atoms with Gasteiger partial charge in [0.05, 0.1) is 0 Å². The summed E-state index contributed by atoms with van der Waals surface area (Å²) in [6.07, 6.45) is 3.82. The zero-order chi connectivity index (χ0) is 38.2. The summed E-state index contributed by atoms with van der Waals surface area (Å²) in [4.78, 5) is 9.26. The van der Waals surface area contributed by atoms with Crippen molar-refractivity contribution in [2.45, 2.75) is 50.9 Å². The van der Waals surface area contributed by atoms with E-state index in [1.54, 1.807) is 29.7 Å². The maximum atomic E-state index is 13.5. The van der Waals surface area contributed by atoms with Gasteiger partial charge in [-0.1, -0.05) is 60.8 Å². The topological polar surface area (TPSA) is 25.8 Å². The van der Waals surface area contributed by atoms with Crippen molar-refractivity contribution in [3.63, 3.8) is 0 Å². The first-order chi connectivity index (χ1) is 25.8. The Hall–Kier alpha value is -4.26. The molecule has 3 heterocycles. The maximum absolute atomic E-state index is 13.5. The largest absolute Gasteiger partial charge is 0.305 e. The molecule has 3 aromatic heterocycles. The summed E-state index contributed by atoms with van der Waals surface area (Å²) in [6, 6.07) is 44.0. The van der Waals surface area contributed by atoms with Crippen molar-refractivity contribution in [3.05, 3.63) is 173 Å². The van der Waals surface area contributed by atoms with Crippen LogP contribution in [0, 0.1) is 38.7 Å². The summed E-state index contributed by atoms with van der Waals surface area (Å²) in [5, 5.41) is 2.40. The van der Waals surface area contributed by atoms with Gasteiger partial charge in [0.2, 0.25) is 0 Å². The minimum Gasteiger partial charge on any atom is -0.305 e. The Balaban J connectivity index is 0.000000241. The van der Waals surface area contributed by atoms with Gasteiger partial charge in [-0.3, -0.25) is 0 Å². The van der Waals surface area contributed by atoms with Crippen molar-refractivity contribution < 1.29 is 25.9 Å². The van der Waals surface area contributed by atoms with Gasteiger partial charge in [0, 0.05) is 38.3 Å². The smallest absolute Gasteiger partial charge is 0.123 e. The van der Waals surface area contributed by atoms with Crippen LogP contribution < -0.4 is 4.40 Å². The molecule has 0 fully saturated rings. The van der Waals surface area contributed by atoms with Crippen LogP contribution in [0.2, 0.25) is 17.3 Å². The first kappa shape index (κ1) is 38.0. The third-order valence-electron chi connectivity index (χ3n) is 9.83. The van der Waals surface area contributed by atoms with E-state index in [9.17, 15) is 4.39 Å². The number of nitrogens with zero attached hydrogens (tertiary/aromatic N) is 2. The van der Waals surface area contributed by atoms with E-state index in [2.05, 4.69) is 121 Å². The zero-order valence-corrected chi connectivity index (χ0v) is 36.9. The van der Waals surface area contributed by atoms with E-state index < -0.39 is 19.2 Å². The van der Waals surface area contributed by atoms with Gasteiger partial charge in [0.15, 0.2) is 0 Å². The van der Waals surface area contributed by atoms with Crippen LogP contribution >= 0.6 is 11.3 Å². The molecule has 0 aliphatic heterocycles. The van der Waals surface area contributed by atoms with E-state index >= 15 is 0 Å². The number of pyridine rings is 2. The van der Waals surface area contributed by atoms with E-state index in [1.807, 2.05) is 43.3 Å². The molecule has 8 rings (SSSR count). The van der Waals surface area contributed by atoms with Crippen LogP contribution in [0.1, 0.15) is 42.0 Å². The minimum absolute atomic E-state index is 0. The average Bonchev–Trinajstić information content (AvgIpc) is 3.53. The molecule has 5 aromatic carbocycles. The fourth-order valence-electron chi connectivity index (χ4n) is 7.07. The Kier molecular flexibility index (Phi) is 11.7. The second-order valence-corrected chi connectivity index (χ2v) is 26.3. The van der Waals surface area contributed by atoms with Crippen molar-refractivity contribution in [2.75, 3.05) is 0 Å². The number of fused-ring (bicyclic) bond motifs is 3. The third-order valence-corrected chi connectivity index (χ3v) is 15.5. The molecular weight excluding hydrogens is 920 g/mol. The molecule has 1 atom stereocenters. The first-order valence-corrected chi connectivity index (χ1v) is 26.1. The van der Waals surface area contributed by atoms with Gasteiger partial charge in [-0.15, -0.1) is 23.8 Å². The summed E-state index contributed by atoms with van der Waals surface area (Å²) < 4.78 is 26.4. The van der Waals surface area contributed by atoms with Gasteiger partial charge in [-0.05, 0) is 87.3 Å². The Morgan fingerprint density at radius 3 is 2.17 bits per heavy atom. The molecule has 0 saturated carbocycles. The van der Waals surface area contributed by atoms with Crippen LogP contribution in [0.25, 0.3) is 53.8 Å². The number of halogens is 1. The monoisotopic (exact) mass is 966 g/mol. The van der Waals surface area contributed by atoms with Gasteiger partial charge >= 0.3 is 106 Å². The van der Waals surface area contributed by atoms with Crippen molar-refractivity contribution >= 4 is 49.2 Å². The average molecular weight is 965 g/mol. The molecular formula is C48H43FGeIrN2S-2.